The van der Waals surface area contributed by atoms with Gasteiger partial charge >= 0.3 is 0 Å². The van der Waals surface area contributed by atoms with Gasteiger partial charge in [-0.1, -0.05) is 18.1 Å². The van der Waals surface area contributed by atoms with E-state index in [4.69, 9.17) is 10.9 Å². The van der Waals surface area contributed by atoms with Gasteiger partial charge in [-0.05, 0) is 35.6 Å². The molecular weight excluding hydrogens is 293 g/mol. The number of nitrogens with one attached hydrogen (secondary N) is 1. The number of rotatable bonds is 4. The van der Waals surface area contributed by atoms with Gasteiger partial charge < -0.3 is 16.3 Å². The molecule has 0 saturated carbocycles. The molecule has 0 aliphatic heterocycles. The molecule has 7 heteroatoms. The molecular formula is C14H14FN3O2S. The largest absolute Gasteiger partial charge is 0.409 e. The minimum atomic E-state index is -0.676. The highest BCUT2D eigenvalue weighted by Crippen LogP contribution is 2.23. The summed E-state index contributed by atoms with van der Waals surface area (Å²) in [5.74, 6) is -1.42. The molecule has 1 aromatic carbocycles. The van der Waals surface area contributed by atoms with Crippen LogP contribution in [0.5, 0.6) is 0 Å². The van der Waals surface area contributed by atoms with E-state index in [1.54, 1.807) is 0 Å². The maximum atomic E-state index is 13.8. The zero-order valence-corrected chi connectivity index (χ0v) is 12.1. The smallest absolute Gasteiger partial charge is 0.266 e. The Morgan fingerprint density at radius 2 is 2.24 bits per heavy atom. The zero-order chi connectivity index (χ0) is 15.4. The van der Waals surface area contributed by atoms with Crippen molar-refractivity contribution in [3.63, 3.8) is 0 Å². The lowest BCUT2D eigenvalue weighted by Gasteiger charge is -2.11. The molecule has 2 rings (SSSR count). The number of thiophene rings is 1. The fourth-order valence-electron chi connectivity index (χ4n) is 1.93. The molecule has 1 amide bonds. The lowest BCUT2D eigenvalue weighted by Crippen LogP contribution is -2.20. The van der Waals surface area contributed by atoms with E-state index in [-0.39, 0.29) is 17.2 Å². The van der Waals surface area contributed by atoms with Gasteiger partial charge in [0.05, 0.1) is 16.1 Å². The van der Waals surface area contributed by atoms with Gasteiger partial charge in [0.15, 0.2) is 5.84 Å². The number of carbonyl (C=O) groups excluding carboxylic acids is 1. The predicted octanol–water partition coefficient (Wildman–Crippen LogP) is 2.80. The number of oxime groups is 1. The van der Waals surface area contributed by atoms with Crippen LogP contribution in [0.1, 0.15) is 27.7 Å². The van der Waals surface area contributed by atoms with Crippen LogP contribution in [0.3, 0.4) is 0 Å². The number of anilines is 1. The standard InChI is InChI=1S/C14H14FN3O2S/c1-2-8-6-7-21-12(8)14(19)17-10-5-3-4-9(15)11(10)13(16)18-20/h3-7,20H,2H2,1H3,(H2,16,18)(H,17,19). The number of nitrogens with zero attached hydrogens (tertiary/aromatic N) is 1. The number of carbonyl (C=O) groups is 1. The number of hydrogen-bond donors (Lipinski definition) is 3. The Balaban J connectivity index is 2.36. The topological polar surface area (TPSA) is 87.7 Å². The van der Waals surface area contributed by atoms with Crippen LogP contribution in [0, 0.1) is 5.82 Å². The Bertz CT molecular complexity index is 697. The van der Waals surface area contributed by atoms with Crippen LogP contribution in [0.2, 0.25) is 0 Å². The van der Waals surface area contributed by atoms with Gasteiger partial charge in [0, 0.05) is 0 Å². The fourth-order valence-corrected chi connectivity index (χ4v) is 2.82. The number of amidine groups is 1. The number of aryl methyl sites for hydroxylation is 1. The van der Waals surface area contributed by atoms with Crippen molar-refractivity contribution in [3.8, 4) is 0 Å². The molecule has 4 N–H and O–H groups in total. The van der Waals surface area contributed by atoms with Crippen LogP contribution in [0.4, 0.5) is 10.1 Å². The van der Waals surface area contributed by atoms with E-state index < -0.39 is 11.7 Å². The Labute approximate surface area is 124 Å². The van der Waals surface area contributed by atoms with Gasteiger partial charge in [-0.25, -0.2) is 4.39 Å². The summed E-state index contributed by atoms with van der Waals surface area (Å²) in [6, 6.07) is 5.98. The SMILES string of the molecule is CCc1ccsc1C(=O)Nc1cccc(F)c1/C(N)=N/O. The van der Waals surface area contributed by atoms with E-state index >= 15 is 0 Å². The average molecular weight is 307 g/mol. The summed E-state index contributed by atoms with van der Waals surface area (Å²) < 4.78 is 13.8. The van der Waals surface area contributed by atoms with Gasteiger partial charge in [-0.3, -0.25) is 4.79 Å². The Morgan fingerprint density at radius 1 is 1.48 bits per heavy atom. The Kier molecular flexibility index (Phi) is 4.54. The molecule has 0 aliphatic rings. The van der Waals surface area contributed by atoms with Crippen LogP contribution < -0.4 is 11.1 Å². The first-order chi connectivity index (χ1) is 10.1. The lowest BCUT2D eigenvalue weighted by atomic mass is 10.1. The van der Waals surface area contributed by atoms with Crippen molar-refractivity contribution in [1.82, 2.24) is 0 Å². The third kappa shape index (κ3) is 3.03. The first-order valence-electron chi connectivity index (χ1n) is 6.22. The van der Waals surface area contributed by atoms with Crippen molar-refractivity contribution in [1.29, 1.82) is 0 Å². The number of nitrogens with two attached hydrogens (primary N) is 1. The van der Waals surface area contributed by atoms with E-state index in [0.717, 1.165) is 12.0 Å². The summed E-state index contributed by atoms with van der Waals surface area (Å²) >= 11 is 1.31. The lowest BCUT2D eigenvalue weighted by molar-refractivity contribution is 0.103. The Hall–Kier alpha value is -2.41. The van der Waals surface area contributed by atoms with Crippen molar-refractivity contribution < 1.29 is 14.4 Å². The molecule has 110 valence electrons. The van der Waals surface area contributed by atoms with Crippen molar-refractivity contribution >= 4 is 28.8 Å². The summed E-state index contributed by atoms with van der Waals surface area (Å²) in [7, 11) is 0. The van der Waals surface area contributed by atoms with E-state index in [1.165, 1.54) is 29.5 Å². The number of halogens is 1. The average Bonchev–Trinajstić information content (AvgIpc) is 2.95. The molecule has 0 radical (unpaired) electrons. The summed E-state index contributed by atoms with van der Waals surface area (Å²) in [5, 5.41) is 15.9. The second-order valence-corrected chi connectivity index (χ2v) is 5.15. The highest BCUT2D eigenvalue weighted by molar-refractivity contribution is 7.12. The summed E-state index contributed by atoms with van der Waals surface area (Å²) in [6.45, 7) is 1.95. The Morgan fingerprint density at radius 3 is 2.90 bits per heavy atom. The maximum absolute atomic E-state index is 13.8. The van der Waals surface area contributed by atoms with E-state index in [0.29, 0.717) is 4.88 Å². The van der Waals surface area contributed by atoms with Crippen LogP contribution >= 0.6 is 11.3 Å². The normalized spacial score (nSPS) is 11.4. The number of hydrogen-bond acceptors (Lipinski definition) is 4. The molecule has 2 aromatic rings. The van der Waals surface area contributed by atoms with Gasteiger partial charge in [0.25, 0.3) is 5.91 Å². The van der Waals surface area contributed by atoms with Crippen LogP contribution in [-0.4, -0.2) is 17.0 Å². The molecule has 0 atom stereocenters. The number of benzene rings is 1. The first kappa shape index (κ1) is 15.0. The van der Waals surface area contributed by atoms with Gasteiger partial charge in [0.1, 0.15) is 5.82 Å². The first-order valence-corrected chi connectivity index (χ1v) is 7.10. The summed E-state index contributed by atoms with van der Waals surface area (Å²) in [4.78, 5) is 12.8. The second kappa shape index (κ2) is 6.36. The van der Waals surface area contributed by atoms with Gasteiger partial charge in [0.2, 0.25) is 0 Å². The highest BCUT2D eigenvalue weighted by Gasteiger charge is 2.17. The second-order valence-electron chi connectivity index (χ2n) is 4.23. The quantitative estimate of drug-likeness (QED) is 0.351. The van der Waals surface area contributed by atoms with Crippen molar-refractivity contribution in [2.24, 2.45) is 10.9 Å². The molecule has 0 bridgehead atoms. The van der Waals surface area contributed by atoms with E-state index in [1.807, 2.05) is 18.4 Å². The molecule has 0 spiro atoms. The molecule has 0 aliphatic carbocycles. The third-order valence-electron chi connectivity index (χ3n) is 2.96. The molecule has 1 aromatic heterocycles. The van der Waals surface area contributed by atoms with Crippen molar-refractivity contribution in [3.05, 3.63) is 51.5 Å². The molecule has 1 heterocycles. The van der Waals surface area contributed by atoms with Crippen LogP contribution in [0.25, 0.3) is 0 Å². The summed E-state index contributed by atoms with van der Waals surface area (Å²) in [5.41, 5.74) is 6.40. The van der Waals surface area contributed by atoms with Crippen LogP contribution in [-0.2, 0) is 6.42 Å². The molecule has 5 nitrogen and oxygen atoms in total. The van der Waals surface area contributed by atoms with E-state index in [2.05, 4.69) is 10.5 Å². The maximum Gasteiger partial charge on any atom is 0.266 e. The highest BCUT2D eigenvalue weighted by atomic mass is 32.1. The van der Waals surface area contributed by atoms with Gasteiger partial charge in [-0.2, -0.15) is 0 Å². The van der Waals surface area contributed by atoms with Gasteiger partial charge in [-0.15, -0.1) is 11.3 Å². The molecule has 0 unspecified atom stereocenters. The fraction of sp³-hybridized carbons (Fsp3) is 0.143. The molecule has 0 saturated heterocycles. The predicted molar refractivity (Wildman–Crippen MR) is 80.6 cm³/mol. The summed E-state index contributed by atoms with van der Waals surface area (Å²) in [6.07, 6.45) is 0.725. The minimum absolute atomic E-state index is 0.136. The minimum Gasteiger partial charge on any atom is -0.409 e. The molecule has 0 fully saturated rings. The van der Waals surface area contributed by atoms with Crippen molar-refractivity contribution in [2.45, 2.75) is 13.3 Å². The molecule has 21 heavy (non-hydrogen) atoms. The number of amides is 1. The monoisotopic (exact) mass is 307 g/mol. The van der Waals surface area contributed by atoms with E-state index in [9.17, 15) is 9.18 Å². The third-order valence-corrected chi connectivity index (χ3v) is 3.92. The zero-order valence-electron chi connectivity index (χ0n) is 11.3. The van der Waals surface area contributed by atoms with Crippen LogP contribution in [0.15, 0.2) is 34.8 Å². The van der Waals surface area contributed by atoms with Crippen molar-refractivity contribution in [2.75, 3.05) is 5.32 Å².